The van der Waals surface area contributed by atoms with Crippen molar-refractivity contribution in [3.63, 3.8) is 0 Å². The molecular weight excluding hydrogens is 314 g/mol. The van der Waals surface area contributed by atoms with Gasteiger partial charge in [0, 0.05) is 18.3 Å². The maximum atomic E-state index is 9.38. The van der Waals surface area contributed by atoms with Gasteiger partial charge in [-0.2, -0.15) is 5.26 Å². The Bertz CT molecular complexity index is 660. The van der Waals surface area contributed by atoms with Gasteiger partial charge in [0.05, 0.1) is 17.3 Å². The number of nitriles is 1. The molecule has 0 saturated carbocycles. The molecule has 1 aliphatic heterocycles. The second-order valence-electron chi connectivity index (χ2n) is 6.72. The average molecular weight is 342 g/mol. The fraction of sp³-hybridized carbons (Fsp3) is 0.600. The van der Waals surface area contributed by atoms with Crippen molar-refractivity contribution in [3.8, 4) is 6.07 Å². The summed E-state index contributed by atoms with van der Waals surface area (Å²) < 4.78 is 0. The van der Waals surface area contributed by atoms with E-state index in [2.05, 4.69) is 30.9 Å². The molecule has 0 amide bonds. The zero-order valence-corrected chi connectivity index (χ0v) is 15.7. The Kier molecular flexibility index (Phi) is 5.84. The molecule has 0 spiro atoms. The van der Waals surface area contributed by atoms with E-state index in [1.165, 1.54) is 48.4 Å². The van der Waals surface area contributed by atoms with Gasteiger partial charge in [-0.3, -0.25) is 0 Å². The minimum Gasteiger partial charge on any atom is -0.347 e. The quantitative estimate of drug-likeness (QED) is 0.752. The Morgan fingerprint density at radius 2 is 2.04 bits per heavy atom. The third-order valence-corrected chi connectivity index (χ3v) is 6.30. The first-order valence-electron chi connectivity index (χ1n) is 9.31. The molecule has 1 atom stereocenters. The van der Waals surface area contributed by atoms with Crippen LogP contribution in [0.5, 0.6) is 0 Å². The van der Waals surface area contributed by atoms with Crippen LogP contribution in [0.3, 0.4) is 0 Å². The molecule has 1 aliphatic carbocycles. The van der Waals surface area contributed by atoms with Gasteiger partial charge in [0.25, 0.3) is 0 Å². The topological polar surface area (TPSA) is 39.4 Å². The predicted octanol–water partition coefficient (Wildman–Crippen LogP) is 5.05. The van der Waals surface area contributed by atoms with E-state index in [4.69, 9.17) is 4.99 Å². The Morgan fingerprint density at radius 3 is 2.75 bits per heavy atom. The van der Waals surface area contributed by atoms with Crippen LogP contribution in [-0.4, -0.2) is 28.4 Å². The summed E-state index contributed by atoms with van der Waals surface area (Å²) in [7, 11) is 0. The molecule has 0 radical (unpaired) electrons. The highest BCUT2D eigenvalue weighted by Crippen LogP contribution is 2.35. The number of thioether (sulfide) groups is 1. The SMILES string of the molecule is CCCCN1C(=Nc2ccc(C#N)c3c2CCCC3)SCC1CC. The van der Waals surface area contributed by atoms with Crippen LogP contribution in [0.15, 0.2) is 17.1 Å². The molecule has 1 saturated heterocycles. The van der Waals surface area contributed by atoms with Gasteiger partial charge >= 0.3 is 0 Å². The van der Waals surface area contributed by atoms with Crippen LogP contribution in [0.25, 0.3) is 0 Å². The second-order valence-corrected chi connectivity index (χ2v) is 7.71. The molecule has 128 valence electrons. The highest BCUT2D eigenvalue weighted by Gasteiger charge is 2.29. The summed E-state index contributed by atoms with van der Waals surface area (Å²) in [6.45, 7) is 5.63. The molecule has 3 nitrogen and oxygen atoms in total. The van der Waals surface area contributed by atoms with Gasteiger partial charge in [0.1, 0.15) is 0 Å². The van der Waals surface area contributed by atoms with Crippen LogP contribution in [-0.2, 0) is 12.8 Å². The van der Waals surface area contributed by atoms with E-state index in [0.717, 1.165) is 36.4 Å². The molecule has 1 aromatic rings. The van der Waals surface area contributed by atoms with Crippen molar-refractivity contribution < 1.29 is 0 Å². The summed E-state index contributed by atoms with van der Waals surface area (Å²) in [6.07, 6.45) is 8.12. The summed E-state index contributed by atoms with van der Waals surface area (Å²) in [4.78, 5) is 7.59. The Morgan fingerprint density at radius 1 is 1.25 bits per heavy atom. The van der Waals surface area contributed by atoms with Gasteiger partial charge in [-0.05, 0) is 61.8 Å². The Hall–Kier alpha value is -1.47. The summed E-state index contributed by atoms with van der Waals surface area (Å²) in [5, 5.41) is 10.6. The number of nitrogens with zero attached hydrogens (tertiary/aromatic N) is 3. The standard InChI is InChI=1S/C20H27N3S/c1-3-5-12-23-16(4-2)14-24-20(23)22-19-11-10-15(13-21)17-8-6-7-9-18(17)19/h10-11,16H,3-9,12,14H2,1-2H3. The fourth-order valence-corrected chi connectivity index (χ4v) is 5.03. The molecule has 2 aliphatic rings. The van der Waals surface area contributed by atoms with Crippen molar-refractivity contribution in [2.75, 3.05) is 12.3 Å². The van der Waals surface area contributed by atoms with E-state index in [9.17, 15) is 5.26 Å². The van der Waals surface area contributed by atoms with Crippen LogP contribution < -0.4 is 0 Å². The van der Waals surface area contributed by atoms with E-state index in [0.29, 0.717) is 6.04 Å². The van der Waals surface area contributed by atoms with Crippen molar-refractivity contribution in [1.82, 2.24) is 4.90 Å². The van der Waals surface area contributed by atoms with Gasteiger partial charge in [-0.15, -0.1) is 0 Å². The monoisotopic (exact) mass is 341 g/mol. The molecule has 1 unspecified atom stereocenters. The molecule has 1 heterocycles. The lowest BCUT2D eigenvalue weighted by Gasteiger charge is -2.25. The number of aliphatic imine (C=N–C) groups is 1. The summed E-state index contributed by atoms with van der Waals surface area (Å²) in [5.74, 6) is 1.15. The van der Waals surface area contributed by atoms with Crippen molar-refractivity contribution in [2.24, 2.45) is 4.99 Å². The van der Waals surface area contributed by atoms with Crippen molar-refractivity contribution in [2.45, 2.75) is 64.8 Å². The number of amidine groups is 1. The molecule has 1 aromatic carbocycles. The van der Waals surface area contributed by atoms with Gasteiger partial charge in [0.2, 0.25) is 0 Å². The summed E-state index contributed by atoms with van der Waals surface area (Å²) in [6, 6.07) is 7.02. The smallest absolute Gasteiger partial charge is 0.164 e. The zero-order chi connectivity index (χ0) is 16.9. The van der Waals surface area contributed by atoms with Gasteiger partial charge in [-0.1, -0.05) is 32.0 Å². The lowest BCUT2D eigenvalue weighted by atomic mass is 9.87. The van der Waals surface area contributed by atoms with E-state index in [1.54, 1.807) is 0 Å². The Balaban J connectivity index is 1.94. The van der Waals surface area contributed by atoms with Crippen molar-refractivity contribution in [3.05, 3.63) is 28.8 Å². The van der Waals surface area contributed by atoms with E-state index < -0.39 is 0 Å². The summed E-state index contributed by atoms with van der Waals surface area (Å²) >= 11 is 1.90. The maximum absolute atomic E-state index is 9.38. The lowest BCUT2D eigenvalue weighted by Crippen LogP contribution is -2.34. The molecule has 4 heteroatoms. The largest absolute Gasteiger partial charge is 0.347 e. The molecular formula is C20H27N3S. The van der Waals surface area contributed by atoms with Crippen molar-refractivity contribution in [1.29, 1.82) is 5.26 Å². The first-order chi connectivity index (χ1) is 11.8. The minimum absolute atomic E-state index is 0.620. The minimum atomic E-state index is 0.620. The molecule has 3 rings (SSSR count). The number of benzene rings is 1. The van der Waals surface area contributed by atoms with Crippen LogP contribution in [0.2, 0.25) is 0 Å². The first kappa shape index (κ1) is 17.4. The highest BCUT2D eigenvalue weighted by atomic mass is 32.2. The van der Waals surface area contributed by atoms with E-state index >= 15 is 0 Å². The second kappa shape index (κ2) is 8.07. The maximum Gasteiger partial charge on any atom is 0.164 e. The van der Waals surface area contributed by atoms with E-state index in [-0.39, 0.29) is 0 Å². The third-order valence-electron chi connectivity index (χ3n) is 5.16. The molecule has 1 fully saturated rings. The average Bonchev–Trinajstić information content (AvgIpc) is 3.01. The van der Waals surface area contributed by atoms with Crippen LogP contribution in [0, 0.1) is 11.3 Å². The number of hydrogen-bond acceptors (Lipinski definition) is 3. The van der Waals surface area contributed by atoms with Gasteiger partial charge in [0.15, 0.2) is 5.17 Å². The number of unbranched alkanes of at least 4 members (excludes halogenated alkanes) is 1. The predicted molar refractivity (Wildman–Crippen MR) is 103 cm³/mol. The van der Waals surface area contributed by atoms with Crippen molar-refractivity contribution >= 4 is 22.6 Å². The Labute approximate surface area is 150 Å². The molecule has 0 aromatic heterocycles. The fourth-order valence-electron chi connectivity index (χ4n) is 3.70. The van der Waals surface area contributed by atoms with Crippen LogP contribution >= 0.6 is 11.8 Å². The molecule has 24 heavy (non-hydrogen) atoms. The third kappa shape index (κ3) is 3.47. The lowest BCUT2D eigenvalue weighted by molar-refractivity contribution is 0.336. The van der Waals surface area contributed by atoms with Gasteiger partial charge in [-0.25, -0.2) is 4.99 Å². The van der Waals surface area contributed by atoms with Gasteiger partial charge < -0.3 is 4.90 Å². The highest BCUT2D eigenvalue weighted by molar-refractivity contribution is 8.14. The van der Waals surface area contributed by atoms with Crippen LogP contribution in [0.4, 0.5) is 5.69 Å². The zero-order valence-electron chi connectivity index (χ0n) is 14.8. The molecule has 0 N–H and O–H groups in total. The first-order valence-corrected chi connectivity index (χ1v) is 10.3. The number of fused-ring (bicyclic) bond motifs is 1. The number of hydrogen-bond donors (Lipinski definition) is 0. The normalized spacial score (nSPS) is 21.8. The molecule has 0 bridgehead atoms. The van der Waals surface area contributed by atoms with E-state index in [1.807, 2.05) is 17.8 Å². The van der Waals surface area contributed by atoms with Crippen LogP contribution in [0.1, 0.15) is 62.6 Å². The number of rotatable bonds is 5. The summed E-state index contributed by atoms with van der Waals surface area (Å²) in [5.41, 5.74) is 4.52.